The summed E-state index contributed by atoms with van der Waals surface area (Å²) in [6.45, 7) is 7.56. The van der Waals surface area contributed by atoms with Gasteiger partial charge < -0.3 is 25.6 Å². The zero-order valence-electron chi connectivity index (χ0n) is 23.3. The molecule has 0 radical (unpaired) electrons. The first-order valence-corrected chi connectivity index (χ1v) is 14.1. The number of aliphatic carboxylic acids is 1. The molecule has 2 aromatic rings. The van der Waals surface area contributed by atoms with Crippen molar-refractivity contribution in [3.05, 3.63) is 41.0 Å². The number of rotatable bonds is 12. The summed E-state index contributed by atoms with van der Waals surface area (Å²) >= 11 is 1.53. The molecule has 1 aromatic carbocycles. The second-order valence-corrected chi connectivity index (χ2v) is 11.8. The van der Waals surface area contributed by atoms with Crippen LogP contribution < -0.4 is 10.6 Å². The van der Waals surface area contributed by atoms with Crippen molar-refractivity contribution in [3.8, 4) is 10.4 Å². The number of carbonyl (C=O) groups is 4. The molecule has 0 saturated carbocycles. The largest absolute Gasteiger partial charge is 0.481 e. The topological polar surface area (TPSA) is 158 Å². The first-order chi connectivity index (χ1) is 18.9. The Kier molecular flexibility index (Phi) is 10.9. The van der Waals surface area contributed by atoms with Gasteiger partial charge in [0.25, 0.3) is 5.91 Å². The lowest BCUT2D eigenvalue weighted by molar-refractivity contribution is -0.151. The molecule has 1 fully saturated rings. The van der Waals surface area contributed by atoms with Crippen LogP contribution in [0.3, 0.4) is 0 Å². The van der Waals surface area contributed by atoms with Gasteiger partial charge in [0.15, 0.2) is 0 Å². The third-order valence-corrected chi connectivity index (χ3v) is 7.57. The molecular weight excluding hydrogens is 536 g/mol. The number of aromatic nitrogens is 1. The molecule has 3 amide bonds. The van der Waals surface area contributed by atoms with Crippen LogP contribution in [0.2, 0.25) is 0 Å². The van der Waals surface area contributed by atoms with Gasteiger partial charge in [0.05, 0.1) is 54.4 Å². The molecule has 1 aliphatic heterocycles. The third kappa shape index (κ3) is 8.65. The number of imide groups is 1. The first-order valence-electron chi connectivity index (χ1n) is 13.2. The van der Waals surface area contributed by atoms with Gasteiger partial charge in [-0.05, 0) is 29.9 Å². The van der Waals surface area contributed by atoms with E-state index in [0.29, 0.717) is 0 Å². The number of carboxylic acids is 1. The van der Waals surface area contributed by atoms with Crippen LogP contribution >= 0.6 is 11.3 Å². The lowest BCUT2D eigenvalue weighted by Crippen LogP contribution is -2.58. The monoisotopic (exact) mass is 574 g/mol. The number of ether oxygens (including phenoxy) is 1. The number of aliphatic hydroxyl groups is 1. The van der Waals surface area contributed by atoms with Crippen molar-refractivity contribution >= 4 is 35.0 Å². The van der Waals surface area contributed by atoms with E-state index in [9.17, 15) is 24.3 Å². The molecule has 1 aliphatic rings. The summed E-state index contributed by atoms with van der Waals surface area (Å²) in [5.41, 5.74) is 3.69. The molecule has 0 aliphatic carbocycles. The molecule has 3 rings (SSSR count). The normalized spacial score (nSPS) is 17.8. The zero-order valence-corrected chi connectivity index (χ0v) is 24.1. The highest BCUT2D eigenvalue weighted by Crippen LogP contribution is 2.28. The van der Waals surface area contributed by atoms with Crippen molar-refractivity contribution in [3.63, 3.8) is 0 Å². The van der Waals surface area contributed by atoms with Gasteiger partial charge >= 0.3 is 5.97 Å². The highest BCUT2D eigenvalue weighted by Gasteiger charge is 2.41. The van der Waals surface area contributed by atoms with E-state index in [4.69, 9.17) is 9.84 Å². The number of thiazole rings is 1. The van der Waals surface area contributed by atoms with Crippen LogP contribution in [0.1, 0.15) is 51.3 Å². The number of amides is 3. The molecule has 218 valence electrons. The standard InChI is InChI=1S/C28H38N4O7S/c1-17-24(40-16-30-17)19-7-5-18(6-8-19)15-32(26(37)21-13-20(33)14-29-21)27(38)25(28(2,3)4)31-22(34)9-11-39-12-10-23(35)36/h5-8,16,20-21,25,29,33H,9-15H2,1-4H3,(H,31,34)(H,35,36)/t20?,21-,25+/m0/s1. The number of carboxylic acid groups (broad SMARTS) is 1. The van der Waals surface area contributed by atoms with E-state index >= 15 is 0 Å². The van der Waals surface area contributed by atoms with E-state index in [2.05, 4.69) is 15.6 Å². The van der Waals surface area contributed by atoms with Gasteiger partial charge in [-0.15, -0.1) is 11.3 Å². The lowest BCUT2D eigenvalue weighted by atomic mass is 9.85. The van der Waals surface area contributed by atoms with Crippen molar-refractivity contribution in [2.75, 3.05) is 19.8 Å². The maximum atomic E-state index is 14.0. The fourth-order valence-electron chi connectivity index (χ4n) is 4.34. The van der Waals surface area contributed by atoms with Gasteiger partial charge in [-0.25, -0.2) is 4.98 Å². The molecular formula is C28H38N4O7S. The SMILES string of the molecule is Cc1ncsc1-c1ccc(CN(C(=O)[C@@H]2CC(O)CN2)C(=O)[C@@H](NC(=O)CCOCCC(=O)O)C(C)(C)C)cc1. The Morgan fingerprint density at radius 2 is 1.85 bits per heavy atom. The number of β-amino-alcohol motifs (C(OH)–C–C–N with tert-alkyl or cyclic N) is 1. The van der Waals surface area contributed by atoms with Crippen molar-refractivity contribution < 1.29 is 34.1 Å². The van der Waals surface area contributed by atoms with Crippen LogP contribution in [0.5, 0.6) is 0 Å². The van der Waals surface area contributed by atoms with Crippen molar-refractivity contribution in [1.82, 2.24) is 20.5 Å². The van der Waals surface area contributed by atoms with E-state index in [0.717, 1.165) is 26.6 Å². The predicted octanol–water partition coefficient (Wildman–Crippen LogP) is 2.11. The van der Waals surface area contributed by atoms with E-state index in [-0.39, 0.29) is 45.6 Å². The smallest absolute Gasteiger partial charge is 0.305 e. The summed E-state index contributed by atoms with van der Waals surface area (Å²) in [4.78, 5) is 57.4. The molecule has 1 aromatic heterocycles. The van der Waals surface area contributed by atoms with Gasteiger partial charge in [-0.2, -0.15) is 0 Å². The number of nitrogens with one attached hydrogen (secondary N) is 2. The van der Waals surface area contributed by atoms with Crippen LogP contribution in [0.25, 0.3) is 10.4 Å². The van der Waals surface area contributed by atoms with Crippen molar-refractivity contribution in [2.45, 2.75) is 71.7 Å². The highest BCUT2D eigenvalue weighted by atomic mass is 32.1. The Morgan fingerprint density at radius 1 is 1.18 bits per heavy atom. The Balaban J connectivity index is 1.79. The fourth-order valence-corrected chi connectivity index (χ4v) is 5.16. The van der Waals surface area contributed by atoms with E-state index in [1.807, 2.05) is 31.2 Å². The first kappa shape index (κ1) is 31.3. The molecule has 40 heavy (non-hydrogen) atoms. The highest BCUT2D eigenvalue weighted by molar-refractivity contribution is 7.13. The average Bonchev–Trinajstić information content (AvgIpc) is 3.52. The van der Waals surface area contributed by atoms with Crippen LogP contribution in [0.4, 0.5) is 0 Å². The van der Waals surface area contributed by atoms with Crippen LogP contribution in [0.15, 0.2) is 29.8 Å². The number of nitrogens with zero attached hydrogens (tertiary/aromatic N) is 2. The second kappa shape index (κ2) is 13.9. The molecule has 4 N–H and O–H groups in total. The minimum Gasteiger partial charge on any atom is -0.481 e. The number of aliphatic hydroxyl groups excluding tert-OH is 1. The molecule has 12 heteroatoms. The quantitative estimate of drug-likeness (QED) is 0.279. The number of aryl methyl sites for hydroxylation is 1. The second-order valence-electron chi connectivity index (χ2n) is 10.9. The number of benzene rings is 1. The van der Waals surface area contributed by atoms with Crippen LogP contribution in [-0.4, -0.2) is 81.7 Å². The summed E-state index contributed by atoms with van der Waals surface area (Å²) in [7, 11) is 0. The minimum absolute atomic E-state index is 0.00226. The van der Waals surface area contributed by atoms with Gasteiger partial charge in [0.1, 0.15) is 6.04 Å². The summed E-state index contributed by atoms with van der Waals surface area (Å²) in [5, 5.41) is 24.4. The molecule has 0 bridgehead atoms. The fraction of sp³-hybridized carbons (Fsp3) is 0.536. The Morgan fingerprint density at radius 3 is 2.40 bits per heavy atom. The molecule has 11 nitrogen and oxygen atoms in total. The van der Waals surface area contributed by atoms with Crippen molar-refractivity contribution in [2.24, 2.45) is 5.41 Å². The van der Waals surface area contributed by atoms with E-state index in [1.54, 1.807) is 26.3 Å². The Labute approximate surface area is 237 Å². The van der Waals surface area contributed by atoms with E-state index < -0.39 is 47.3 Å². The van der Waals surface area contributed by atoms with Gasteiger partial charge in [-0.1, -0.05) is 45.0 Å². The number of carbonyl (C=O) groups excluding carboxylic acids is 3. The molecule has 0 spiro atoms. The minimum atomic E-state index is -1.02. The molecule has 1 unspecified atom stereocenters. The summed E-state index contributed by atoms with van der Waals surface area (Å²) in [5.74, 6) is -2.47. The van der Waals surface area contributed by atoms with Crippen LogP contribution in [-0.2, 0) is 30.5 Å². The molecule has 1 saturated heterocycles. The number of hydrogen-bond acceptors (Lipinski definition) is 9. The van der Waals surface area contributed by atoms with Gasteiger partial charge in [-0.3, -0.25) is 24.1 Å². The summed E-state index contributed by atoms with van der Waals surface area (Å²) in [6, 6.07) is 5.82. The molecule has 2 heterocycles. The average molecular weight is 575 g/mol. The summed E-state index contributed by atoms with van der Waals surface area (Å²) in [6.07, 6.45) is -0.738. The maximum absolute atomic E-state index is 14.0. The maximum Gasteiger partial charge on any atom is 0.305 e. The van der Waals surface area contributed by atoms with E-state index in [1.165, 1.54) is 11.3 Å². The van der Waals surface area contributed by atoms with Gasteiger partial charge in [0, 0.05) is 13.0 Å². The lowest BCUT2D eigenvalue weighted by Gasteiger charge is -2.35. The third-order valence-electron chi connectivity index (χ3n) is 6.59. The summed E-state index contributed by atoms with van der Waals surface area (Å²) < 4.78 is 5.20. The number of hydrogen-bond donors (Lipinski definition) is 4. The zero-order chi connectivity index (χ0) is 29.4. The molecule has 3 atom stereocenters. The Hall–Kier alpha value is -3.19. The van der Waals surface area contributed by atoms with Gasteiger partial charge in [0.2, 0.25) is 11.8 Å². The van der Waals surface area contributed by atoms with Crippen LogP contribution in [0, 0.1) is 12.3 Å². The van der Waals surface area contributed by atoms with Crippen molar-refractivity contribution in [1.29, 1.82) is 0 Å². The Bertz CT molecular complexity index is 1190. The predicted molar refractivity (Wildman–Crippen MR) is 149 cm³/mol.